The van der Waals surface area contributed by atoms with Crippen LogP contribution in [0, 0.1) is 17.0 Å². The molecular weight excluding hydrogens is 344 g/mol. The highest BCUT2D eigenvalue weighted by molar-refractivity contribution is 7.90. The van der Waals surface area contributed by atoms with E-state index in [1.807, 2.05) is 0 Å². The van der Waals surface area contributed by atoms with Crippen molar-refractivity contribution in [2.75, 3.05) is 6.26 Å². The number of nitrogens with one attached hydrogen (secondary N) is 1. The Morgan fingerprint density at radius 1 is 1.16 bits per heavy atom. The van der Waals surface area contributed by atoms with Crippen molar-refractivity contribution >= 4 is 21.4 Å². The molecule has 0 bridgehead atoms. The number of hydrogen-bond donors (Lipinski definition) is 1. The lowest BCUT2D eigenvalue weighted by molar-refractivity contribution is -0.385. The van der Waals surface area contributed by atoms with E-state index >= 15 is 0 Å². The molecule has 7 nitrogen and oxygen atoms in total. The van der Waals surface area contributed by atoms with Crippen LogP contribution in [0.2, 0.25) is 0 Å². The highest BCUT2D eigenvalue weighted by atomic mass is 32.2. The van der Waals surface area contributed by atoms with Gasteiger partial charge in [0.25, 0.3) is 11.6 Å². The van der Waals surface area contributed by atoms with E-state index in [2.05, 4.69) is 5.32 Å². The van der Waals surface area contributed by atoms with Crippen LogP contribution in [0.3, 0.4) is 0 Å². The zero-order chi connectivity index (χ0) is 18.8. The Morgan fingerprint density at radius 3 is 2.24 bits per heavy atom. The van der Waals surface area contributed by atoms with Crippen molar-refractivity contribution in [2.45, 2.75) is 24.8 Å². The third kappa shape index (κ3) is 4.42. The quantitative estimate of drug-likeness (QED) is 0.650. The van der Waals surface area contributed by atoms with Gasteiger partial charge in [0.2, 0.25) is 0 Å². The predicted molar refractivity (Wildman–Crippen MR) is 93.3 cm³/mol. The maximum absolute atomic E-state index is 12.3. The highest BCUT2D eigenvalue weighted by Crippen LogP contribution is 2.20. The molecule has 1 unspecified atom stereocenters. The van der Waals surface area contributed by atoms with Crippen LogP contribution in [0.25, 0.3) is 0 Å². The summed E-state index contributed by atoms with van der Waals surface area (Å²) in [4.78, 5) is 22.8. The second-order valence-corrected chi connectivity index (χ2v) is 7.81. The summed E-state index contributed by atoms with van der Waals surface area (Å²) in [6.45, 7) is 3.34. The van der Waals surface area contributed by atoms with E-state index < -0.39 is 14.8 Å². The minimum atomic E-state index is -3.27. The van der Waals surface area contributed by atoms with Gasteiger partial charge in [-0.2, -0.15) is 0 Å². The molecule has 2 aromatic rings. The van der Waals surface area contributed by atoms with Crippen LogP contribution in [-0.4, -0.2) is 25.5 Å². The van der Waals surface area contributed by atoms with E-state index in [0.717, 1.165) is 11.8 Å². The lowest BCUT2D eigenvalue weighted by Crippen LogP contribution is -2.26. The molecule has 8 heteroatoms. The van der Waals surface area contributed by atoms with Crippen LogP contribution < -0.4 is 5.32 Å². The molecule has 0 radical (unpaired) electrons. The number of carbonyl (C=O) groups excluding carboxylic acids is 1. The molecule has 1 N–H and O–H groups in total. The van der Waals surface area contributed by atoms with Gasteiger partial charge in [-0.1, -0.05) is 12.1 Å². The summed E-state index contributed by atoms with van der Waals surface area (Å²) >= 11 is 0. The fourth-order valence-corrected chi connectivity index (χ4v) is 3.00. The summed E-state index contributed by atoms with van der Waals surface area (Å²) in [5.74, 6) is -0.363. The summed E-state index contributed by atoms with van der Waals surface area (Å²) in [5, 5.41) is 13.6. The predicted octanol–water partition coefficient (Wildman–Crippen LogP) is 2.80. The summed E-state index contributed by atoms with van der Waals surface area (Å²) in [6, 6.07) is 10.1. The molecule has 0 saturated heterocycles. The topological polar surface area (TPSA) is 106 Å². The number of amides is 1. The Morgan fingerprint density at radius 2 is 1.76 bits per heavy atom. The van der Waals surface area contributed by atoms with Crippen LogP contribution in [0.5, 0.6) is 0 Å². The molecule has 0 spiro atoms. The molecule has 0 aromatic heterocycles. The number of benzene rings is 2. The van der Waals surface area contributed by atoms with Crippen molar-refractivity contribution in [3.05, 3.63) is 69.3 Å². The summed E-state index contributed by atoms with van der Waals surface area (Å²) in [5.41, 5.74) is 1.44. The zero-order valence-electron chi connectivity index (χ0n) is 14.0. The van der Waals surface area contributed by atoms with Crippen LogP contribution in [0.15, 0.2) is 47.4 Å². The lowest BCUT2D eigenvalue weighted by Gasteiger charge is -2.15. The standard InChI is InChI=1S/C17H18N2O5S/c1-11-10-14(6-9-16(11)19(21)22)17(20)18-12(2)13-4-7-15(8-5-13)25(3,23)24/h4-10,12H,1-3H3,(H,18,20). The van der Waals surface area contributed by atoms with Crippen LogP contribution in [0.4, 0.5) is 5.69 Å². The second kappa shape index (κ2) is 7.02. The number of nitrogens with zero attached hydrogens (tertiary/aromatic N) is 1. The van der Waals surface area contributed by atoms with E-state index in [-0.39, 0.29) is 22.5 Å². The third-order valence-electron chi connectivity index (χ3n) is 3.81. The van der Waals surface area contributed by atoms with Gasteiger partial charge in [0.15, 0.2) is 9.84 Å². The maximum atomic E-state index is 12.3. The monoisotopic (exact) mass is 362 g/mol. The van der Waals surface area contributed by atoms with Crippen molar-refractivity contribution in [1.29, 1.82) is 0 Å². The van der Waals surface area contributed by atoms with Crippen molar-refractivity contribution in [1.82, 2.24) is 5.32 Å². The zero-order valence-corrected chi connectivity index (χ0v) is 14.8. The normalized spacial score (nSPS) is 12.4. The molecular formula is C17H18N2O5S. The Balaban J connectivity index is 2.15. The number of nitro groups is 1. The van der Waals surface area contributed by atoms with Crippen molar-refractivity contribution in [2.24, 2.45) is 0 Å². The molecule has 2 aromatic carbocycles. The molecule has 0 fully saturated rings. The Kier molecular flexibility index (Phi) is 5.22. The van der Waals surface area contributed by atoms with Crippen LogP contribution in [-0.2, 0) is 9.84 Å². The largest absolute Gasteiger partial charge is 0.346 e. The van der Waals surface area contributed by atoms with Gasteiger partial charge in [0, 0.05) is 23.4 Å². The van der Waals surface area contributed by atoms with Crippen LogP contribution in [0.1, 0.15) is 34.5 Å². The average Bonchev–Trinajstić information content (AvgIpc) is 2.53. The minimum Gasteiger partial charge on any atom is -0.346 e. The third-order valence-corrected chi connectivity index (χ3v) is 4.94. The summed E-state index contributed by atoms with van der Waals surface area (Å²) < 4.78 is 22.9. The number of sulfone groups is 1. The van der Waals surface area contributed by atoms with Gasteiger partial charge in [-0.15, -0.1) is 0 Å². The minimum absolute atomic E-state index is 0.0408. The second-order valence-electron chi connectivity index (χ2n) is 5.79. The Bertz CT molecular complexity index is 921. The first-order chi connectivity index (χ1) is 11.6. The summed E-state index contributed by atoms with van der Waals surface area (Å²) in [7, 11) is -3.27. The molecule has 132 valence electrons. The molecule has 0 aliphatic heterocycles. The SMILES string of the molecule is Cc1cc(C(=O)NC(C)c2ccc(S(C)(=O)=O)cc2)ccc1[N+](=O)[O-]. The van der Waals surface area contributed by atoms with Gasteiger partial charge in [-0.25, -0.2) is 8.42 Å². The maximum Gasteiger partial charge on any atom is 0.272 e. The van der Waals surface area contributed by atoms with Crippen molar-refractivity contribution in [3.63, 3.8) is 0 Å². The molecule has 1 atom stereocenters. The van der Waals surface area contributed by atoms with Gasteiger partial charge in [0.1, 0.15) is 0 Å². The van der Waals surface area contributed by atoms with E-state index in [1.54, 1.807) is 26.0 Å². The number of nitro benzene ring substituents is 1. The number of rotatable bonds is 5. The smallest absolute Gasteiger partial charge is 0.272 e. The van der Waals surface area contributed by atoms with Gasteiger partial charge in [-0.05, 0) is 43.7 Å². The summed E-state index contributed by atoms with van der Waals surface area (Å²) in [6.07, 6.45) is 1.13. The number of hydrogen-bond acceptors (Lipinski definition) is 5. The molecule has 0 saturated carbocycles. The average molecular weight is 362 g/mol. The first-order valence-electron chi connectivity index (χ1n) is 7.45. The van der Waals surface area contributed by atoms with Gasteiger partial charge < -0.3 is 5.32 Å². The van der Waals surface area contributed by atoms with Crippen molar-refractivity contribution in [3.8, 4) is 0 Å². The van der Waals surface area contributed by atoms with Gasteiger partial charge >= 0.3 is 0 Å². The number of aryl methyl sites for hydroxylation is 1. The molecule has 25 heavy (non-hydrogen) atoms. The Labute approximate surface area is 145 Å². The molecule has 2 rings (SSSR count). The molecule has 0 aliphatic carbocycles. The Hall–Kier alpha value is -2.74. The van der Waals surface area contributed by atoms with Crippen LogP contribution >= 0.6 is 0 Å². The first kappa shape index (κ1) is 18.6. The van der Waals surface area contributed by atoms with E-state index in [1.165, 1.54) is 30.3 Å². The van der Waals surface area contributed by atoms with E-state index in [4.69, 9.17) is 0 Å². The highest BCUT2D eigenvalue weighted by Gasteiger charge is 2.16. The lowest BCUT2D eigenvalue weighted by atomic mass is 10.1. The van der Waals surface area contributed by atoms with Gasteiger partial charge in [0.05, 0.1) is 15.9 Å². The first-order valence-corrected chi connectivity index (χ1v) is 9.34. The molecule has 0 heterocycles. The van der Waals surface area contributed by atoms with Crippen molar-refractivity contribution < 1.29 is 18.1 Å². The fraction of sp³-hybridized carbons (Fsp3) is 0.235. The van der Waals surface area contributed by atoms with E-state index in [0.29, 0.717) is 11.1 Å². The van der Waals surface area contributed by atoms with Gasteiger partial charge in [-0.3, -0.25) is 14.9 Å². The molecule has 1 amide bonds. The number of carbonyl (C=O) groups is 1. The van der Waals surface area contributed by atoms with E-state index in [9.17, 15) is 23.3 Å². The molecule has 0 aliphatic rings. The fourth-order valence-electron chi connectivity index (χ4n) is 2.37.